The highest BCUT2D eigenvalue weighted by Gasteiger charge is 2.04. The first-order chi connectivity index (χ1) is 8.17. The summed E-state index contributed by atoms with van der Waals surface area (Å²) in [6.07, 6.45) is 3.58. The van der Waals surface area contributed by atoms with E-state index in [2.05, 4.69) is 29.6 Å². The summed E-state index contributed by atoms with van der Waals surface area (Å²) in [5.74, 6) is 0.0580. The van der Waals surface area contributed by atoms with Crippen LogP contribution in [-0.2, 0) is 11.3 Å². The van der Waals surface area contributed by atoms with E-state index in [1.54, 1.807) is 7.05 Å². The molecule has 0 radical (unpaired) electrons. The lowest BCUT2D eigenvalue weighted by atomic mass is 10.3. The van der Waals surface area contributed by atoms with Gasteiger partial charge in [-0.1, -0.05) is 6.92 Å². The first kappa shape index (κ1) is 13.7. The van der Waals surface area contributed by atoms with E-state index in [-0.39, 0.29) is 5.91 Å². The van der Waals surface area contributed by atoms with Crippen LogP contribution in [0.15, 0.2) is 12.3 Å². The molecule has 0 bridgehead atoms. The van der Waals surface area contributed by atoms with Crippen molar-refractivity contribution in [2.24, 2.45) is 0 Å². The average Bonchev–Trinajstić information content (AvgIpc) is 2.82. The SMILES string of the molecule is CCC(C)n1ccc(CNCCC(=O)NC)n1. The van der Waals surface area contributed by atoms with E-state index >= 15 is 0 Å². The summed E-state index contributed by atoms with van der Waals surface area (Å²) in [6, 6.07) is 2.45. The summed E-state index contributed by atoms with van der Waals surface area (Å²) in [6.45, 7) is 5.68. The van der Waals surface area contributed by atoms with Crippen LogP contribution in [0.4, 0.5) is 0 Å². The third kappa shape index (κ3) is 4.56. The van der Waals surface area contributed by atoms with Crippen LogP contribution in [0.3, 0.4) is 0 Å². The summed E-state index contributed by atoms with van der Waals surface area (Å²) in [5, 5.41) is 10.3. The monoisotopic (exact) mass is 238 g/mol. The van der Waals surface area contributed by atoms with Crippen LogP contribution in [0.25, 0.3) is 0 Å². The summed E-state index contributed by atoms with van der Waals surface area (Å²) in [4.78, 5) is 11.0. The normalized spacial score (nSPS) is 12.4. The van der Waals surface area contributed by atoms with Gasteiger partial charge in [-0.05, 0) is 19.4 Å². The maximum Gasteiger partial charge on any atom is 0.221 e. The summed E-state index contributed by atoms with van der Waals surface area (Å²) in [7, 11) is 1.65. The van der Waals surface area contributed by atoms with E-state index in [1.165, 1.54) is 0 Å². The first-order valence-corrected chi connectivity index (χ1v) is 6.12. The van der Waals surface area contributed by atoms with Gasteiger partial charge in [-0.2, -0.15) is 5.10 Å². The predicted octanol–water partition coefficient (Wildman–Crippen LogP) is 1.08. The second-order valence-corrected chi connectivity index (χ2v) is 4.14. The predicted molar refractivity (Wildman–Crippen MR) is 67.6 cm³/mol. The molecule has 1 amide bonds. The van der Waals surface area contributed by atoms with Crippen LogP contribution >= 0.6 is 0 Å². The van der Waals surface area contributed by atoms with Gasteiger partial charge in [0.25, 0.3) is 0 Å². The van der Waals surface area contributed by atoms with E-state index in [1.807, 2.05) is 16.9 Å². The zero-order valence-electron chi connectivity index (χ0n) is 10.9. The minimum atomic E-state index is 0.0580. The van der Waals surface area contributed by atoms with Crippen molar-refractivity contribution in [3.05, 3.63) is 18.0 Å². The van der Waals surface area contributed by atoms with E-state index < -0.39 is 0 Å². The van der Waals surface area contributed by atoms with Crippen molar-refractivity contribution in [2.75, 3.05) is 13.6 Å². The van der Waals surface area contributed by atoms with Gasteiger partial charge in [0.15, 0.2) is 0 Å². The molecule has 96 valence electrons. The molecule has 1 atom stereocenters. The zero-order valence-corrected chi connectivity index (χ0v) is 10.9. The molecule has 1 unspecified atom stereocenters. The standard InChI is InChI=1S/C12H22N4O/c1-4-10(2)16-8-6-11(15-16)9-14-7-5-12(17)13-3/h6,8,10,14H,4-5,7,9H2,1-3H3,(H,13,17). The summed E-state index contributed by atoms with van der Waals surface area (Å²) >= 11 is 0. The molecule has 1 heterocycles. The quantitative estimate of drug-likeness (QED) is 0.699. The Morgan fingerprint density at radius 2 is 2.35 bits per heavy atom. The van der Waals surface area contributed by atoms with E-state index in [0.29, 0.717) is 25.6 Å². The molecule has 0 aromatic carbocycles. The minimum absolute atomic E-state index is 0.0580. The van der Waals surface area contributed by atoms with Crippen LogP contribution in [-0.4, -0.2) is 29.3 Å². The highest BCUT2D eigenvalue weighted by atomic mass is 16.1. The lowest BCUT2D eigenvalue weighted by Gasteiger charge is -2.08. The Bertz CT molecular complexity index is 348. The van der Waals surface area contributed by atoms with Crippen molar-refractivity contribution in [1.82, 2.24) is 20.4 Å². The molecular formula is C12H22N4O. The topological polar surface area (TPSA) is 59.0 Å². The van der Waals surface area contributed by atoms with Crippen LogP contribution in [0.2, 0.25) is 0 Å². The van der Waals surface area contributed by atoms with Gasteiger partial charge in [-0.25, -0.2) is 0 Å². The van der Waals surface area contributed by atoms with Crippen molar-refractivity contribution in [3.63, 3.8) is 0 Å². The van der Waals surface area contributed by atoms with Crippen LogP contribution in [0.5, 0.6) is 0 Å². The number of carbonyl (C=O) groups is 1. The fourth-order valence-corrected chi connectivity index (χ4v) is 1.45. The lowest BCUT2D eigenvalue weighted by molar-refractivity contribution is -0.120. The lowest BCUT2D eigenvalue weighted by Crippen LogP contribution is -2.24. The minimum Gasteiger partial charge on any atom is -0.359 e. The summed E-state index contributed by atoms with van der Waals surface area (Å²) in [5.41, 5.74) is 1.02. The van der Waals surface area contributed by atoms with Gasteiger partial charge < -0.3 is 10.6 Å². The van der Waals surface area contributed by atoms with Gasteiger partial charge in [-0.15, -0.1) is 0 Å². The Labute approximate surface area is 103 Å². The molecular weight excluding hydrogens is 216 g/mol. The van der Waals surface area contributed by atoms with Gasteiger partial charge in [0, 0.05) is 38.8 Å². The molecule has 0 spiro atoms. The zero-order chi connectivity index (χ0) is 12.7. The Balaban J connectivity index is 2.28. The molecule has 5 heteroatoms. The van der Waals surface area contributed by atoms with Crippen molar-refractivity contribution >= 4 is 5.91 Å². The molecule has 1 aromatic rings. The van der Waals surface area contributed by atoms with Crippen LogP contribution in [0, 0.1) is 0 Å². The molecule has 2 N–H and O–H groups in total. The van der Waals surface area contributed by atoms with Crippen LogP contribution < -0.4 is 10.6 Å². The third-order valence-corrected chi connectivity index (χ3v) is 2.82. The maximum absolute atomic E-state index is 11.0. The molecule has 0 saturated heterocycles. The number of amides is 1. The Hall–Kier alpha value is -1.36. The number of nitrogens with zero attached hydrogens (tertiary/aromatic N) is 2. The van der Waals surface area contributed by atoms with Gasteiger partial charge in [0.2, 0.25) is 5.91 Å². The first-order valence-electron chi connectivity index (χ1n) is 6.12. The second kappa shape index (κ2) is 7.06. The third-order valence-electron chi connectivity index (χ3n) is 2.82. The molecule has 0 aliphatic rings. The maximum atomic E-state index is 11.0. The number of aromatic nitrogens is 2. The molecule has 0 fully saturated rings. The molecule has 17 heavy (non-hydrogen) atoms. The molecule has 0 saturated carbocycles. The Kier molecular flexibility index (Phi) is 5.69. The Morgan fingerprint density at radius 1 is 1.59 bits per heavy atom. The van der Waals surface area contributed by atoms with E-state index in [0.717, 1.165) is 12.1 Å². The largest absolute Gasteiger partial charge is 0.359 e. The number of nitrogens with one attached hydrogen (secondary N) is 2. The van der Waals surface area contributed by atoms with Crippen molar-refractivity contribution in [3.8, 4) is 0 Å². The summed E-state index contributed by atoms with van der Waals surface area (Å²) < 4.78 is 1.98. The van der Waals surface area contributed by atoms with Gasteiger partial charge in [0.05, 0.1) is 5.69 Å². The molecule has 1 rings (SSSR count). The number of rotatable bonds is 7. The molecule has 0 aliphatic heterocycles. The molecule has 1 aromatic heterocycles. The molecule has 0 aliphatic carbocycles. The van der Waals surface area contributed by atoms with Crippen molar-refractivity contribution in [2.45, 2.75) is 39.3 Å². The van der Waals surface area contributed by atoms with Gasteiger partial charge >= 0.3 is 0 Å². The van der Waals surface area contributed by atoms with Gasteiger partial charge in [0.1, 0.15) is 0 Å². The van der Waals surface area contributed by atoms with E-state index in [9.17, 15) is 4.79 Å². The highest BCUT2D eigenvalue weighted by molar-refractivity contribution is 5.75. The smallest absolute Gasteiger partial charge is 0.221 e. The van der Waals surface area contributed by atoms with Gasteiger partial charge in [-0.3, -0.25) is 9.48 Å². The second-order valence-electron chi connectivity index (χ2n) is 4.14. The van der Waals surface area contributed by atoms with E-state index in [4.69, 9.17) is 0 Å². The average molecular weight is 238 g/mol. The van der Waals surface area contributed by atoms with Crippen molar-refractivity contribution in [1.29, 1.82) is 0 Å². The van der Waals surface area contributed by atoms with Crippen LogP contribution in [0.1, 0.15) is 38.4 Å². The Morgan fingerprint density at radius 3 is 3.00 bits per heavy atom. The number of hydrogen-bond donors (Lipinski definition) is 2. The highest BCUT2D eigenvalue weighted by Crippen LogP contribution is 2.08. The fourth-order valence-electron chi connectivity index (χ4n) is 1.45. The molecule has 5 nitrogen and oxygen atoms in total. The fraction of sp³-hybridized carbons (Fsp3) is 0.667. The number of carbonyl (C=O) groups excluding carboxylic acids is 1. The number of hydrogen-bond acceptors (Lipinski definition) is 3. The van der Waals surface area contributed by atoms with Crippen molar-refractivity contribution < 1.29 is 4.79 Å².